The minimum atomic E-state index is -0.170. The summed E-state index contributed by atoms with van der Waals surface area (Å²) in [5.74, 6) is 0.427. The molecule has 200 valence electrons. The maximum atomic E-state index is 12.1. The summed E-state index contributed by atoms with van der Waals surface area (Å²) >= 11 is 1.36. The molecule has 3 aromatic rings. The van der Waals surface area contributed by atoms with Gasteiger partial charge >= 0.3 is 0 Å². The highest BCUT2D eigenvalue weighted by Gasteiger charge is 2.15. The van der Waals surface area contributed by atoms with E-state index in [1.54, 1.807) is 24.3 Å². The van der Waals surface area contributed by atoms with E-state index in [0.717, 1.165) is 17.9 Å². The number of hydrogen-bond donors (Lipinski definition) is 3. The van der Waals surface area contributed by atoms with E-state index in [-0.39, 0.29) is 35.6 Å². The average Bonchev–Trinajstić information content (AvgIpc) is 2.86. The molecule has 2 aromatic heterocycles. The van der Waals surface area contributed by atoms with Gasteiger partial charge in [0.2, 0.25) is 11.8 Å². The summed E-state index contributed by atoms with van der Waals surface area (Å²) in [6, 6.07) is 14.8. The van der Waals surface area contributed by atoms with Crippen molar-refractivity contribution in [2.45, 2.75) is 30.7 Å². The van der Waals surface area contributed by atoms with Gasteiger partial charge in [-0.1, -0.05) is 30.0 Å². The number of likely N-dealkylation sites (N-methyl/N-ethyl adjacent to an activating group) is 1. The summed E-state index contributed by atoms with van der Waals surface area (Å²) in [7, 11) is 3.92. The van der Waals surface area contributed by atoms with Gasteiger partial charge in [0.15, 0.2) is 5.16 Å². The lowest BCUT2D eigenvalue weighted by Crippen LogP contribution is -2.31. The van der Waals surface area contributed by atoms with Gasteiger partial charge in [0.25, 0.3) is 0 Å². The molecular formula is C26H31ClN8O2S. The van der Waals surface area contributed by atoms with Crippen molar-refractivity contribution in [3.63, 3.8) is 0 Å². The van der Waals surface area contributed by atoms with Crippen LogP contribution in [0.25, 0.3) is 11.3 Å². The van der Waals surface area contributed by atoms with Crippen molar-refractivity contribution in [2.75, 3.05) is 38.2 Å². The molecule has 0 atom stereocenters. The van der Waals surface area contributed by atoms with E-state index in [2.05, 4.69) is 31.7 Å². The van der Waals surface area contributed by atoms with Gasteiger partial charge in [-0.2, -0.15) is 5.26 Å². The highest BCUT2D eigenvalue weighted by molar-refractivity contribution is 7.98. The Morgan fingerprint density at radius 1 is 1.08 bits per heavy atom. The predicted octanol–water partition coefficient (Wildman–Crippen LogP) is 3.28. The minimum absolute atomic E-state index is 0. The van der Waals surface area contributed by atoms with Crippen molar-refractivity contribution in [3.05, 3.63) is 59.4 Å². The molecule has 0 spiro atoms. The number of aryl methyl sites for hydroxylation is 1. The fraction of sp³-hybridized carbons (Fsp3) is 0.308. The molecule has 0 aliphatic rings. The quantitative estimate of drug-likeness (QED) is 0.239. The molecule has 3 rings (SSSR count). The zero-order valence-electron chi connectivity index (χ0n) is 21.5. The van der Waals surface area contributed by atoms with Gasteiger partial charge in [-0.25, -0.2) is 9.97 Å². The van der Waals surface area contributed by atoms with Crippen molar-refractivity contribution in [3.8, 4) is 17.3 Å². The number of nitrogens with one attached hydrogen (secondary N) is 2. The second kappa shape index (κ2) is 14.9. The molecule has 4 N–H and O–H groups in total. The number of rotatable bonds is 11. The number of halogens is 1. The Labute approximate surface area is 232 Å². The van der Waals surface area contributed by atoms with Crippen LogP contribution in [0, 0.1) is 11.3 Å². The van der Waals surface area contributed by atoms with E-state index in [4.69, 9.17) is 5.73 Å². The van der Waals surface area contributed by atoms with Crippen LogP contribution in [-0.4, -0.2) is 58.9 Å². The molecule has 10 nitrogen and oxygen atoms in total. The summed E-state index contributed by atoms with van der Waals surface area (Å²) < 4.78 is 0. The number of hydrogen-bond acceptors (Lipinski definition) is 9. The number of nitrogens with zero attached hydrogens (tertiary/aromatic N) is 5. The smallest absolute Gasteiger partial charge is 0.221 e. The molecule has 2 amide bonds. The normalized spacial score (nSPS) is 10.4. The number of nitriles is 1. The first-order chi connectivity index (χ1) is 17.7. The van der Waals surface area contributed by atoms with Crippen molar-refractivity contribution < 1.29 is 9.59 Å². The summed E-state index contributed by atoms with van der Waals surface area (Å²) in [5, 5.41) is 15.6. The monoisotopic (exact) mass is 554 g/mol. The zero-order valence-corrected chi connectivity index (χ0v) is 23.2. The molecule has 0 aliphatic carbocycles. The maximum Gasteiger partial charge on any atom is 0.221 e. The SMILES string of the molecule is CC(=O)Nc1ccc(-c2nc(SCc3cccc(CCC(=O)NCCN(C)C)n3)nc(N)c2C#N)cc1.Cl. The number of thioether (sulfide) groups is 1. The molecule has 0 saturated carbocycles. The average molecular weight is 555 g/mol. The number of amides is 2. The molecule has 38 heavy (non-hydrogen) atoms. The number of aromatic nitrogens is 3. The molecular weight excluding hydrogens is 524 g/mol. The van der Waals surface area contributed by atoms with Crippen LogP contribution in [0.2, 0.25) is 0 Å². The van der Waals surface area contributed by atoms with Gasteiger partial charge in [0.1, 0.15) is 17.5 Å². The largest absolute Gasteiger partial charge is 0.382 e. The molecule has 0 saturated heterocycles. The lowest BCUT2D eigenvalue weighted by molar-refractivity contribution is -0.121. The molecule has 0 unspecified atom stereocenters. The van der Waals surface area contributed by atoms with Gasteiger partial charge in [-0.15, -0.1) is 12.4 Å². The second-order valence-electron chi connectivity index (χ2n) is 8.55. The minimum Gasteiger partial charge on any atom is -0.382 e. The molecule has 0 radical (unpaired) electrons. The van der Waals surface area contributed by atoms with Crippen molar-refractivity contribution in [1.82, 2.24) is 25.2 Å². The molecule has 0 aliphatic heterocycles. The van der Waals surface area contributed by atoms with Gasteiger partial charge in [0.05, 0.1) is 11.4 Å². The predicted molar refractivity (Wildman–Crippen MR) is 152 cm³/mol. The number of anilines is 2. The highest BCUT2D eigenvalue weighted by atomic mass is 35.5. The van der Waals surface area contributed by atoms with Crippen LogP contribution in [0.3, 0.4) is 0 Å². The summed E-state index contributed by atoms with van der Waals surface area (Å²) in [5.41, 5.74) is 9.68. The van der Waals surface area contributed by atoms with E-state index in [9.17, 15) is 14.9 Å². The Morgan fingerprint density at radius 3 is 2.45 bits per heavy atom. The zero-order chi connectivity index (χ0) is 26.8. The molecule has 2 heterocycles. The van der Waals surface area contributed by atoms with Crippen molar-refractivity contribution in [2.24, 2.45) is 0 Å². The third-order valence-electron chi connectivity index (χ3n) is 5.21. The Hall–Kier alpha value is -3.72. The van der Waals surface area contributed by atoms with Crippen molar-refractivity contribution >= 4 is 47.5 Å². The number of pyridine rings is 1. The topological polar surface area (TPSA) is 150 Å². The van der Waals surface area contributed by atoms with Gasteiger partial charge in [-0.05, 0) is 44.8 Å². The number of carbonyl (C=O) groups is 2. The van der Waals surface area contributed by atoms with E-state index in [1.165, 1.54) is 18.7 Å². The van der Waals surface area contributed by atoms with Crippen LogP contribution in [0.4, 0.5) is 11.5 Å². The second-order valence-corrected chi connectivity index (χ2v) is 9.49. The number of nitrogen functional groups attached to an aromatic ring is 1. The Balaban J connectivity index is 0.00000507. The van der Waals surface area contributed by atoms with E-state index in [0.29, 0.717) is 47.2 Å². The fourth-order valence-electron chi connectivity index (χ4n) is 3.39. The third-order valence-corrected chi connectivity index (χ3v) is 6.09. The molecule has 1 aromatic carbocycles. The first-order valence-electron chi connectivity index (χ1n) is 11.7. The molecule has 12 heteroatoms. The van der Waals surface area contributed by atoms with Gasteiger partial charge in [0, 0.05) is 49.1 Å². The van der Waals surface area contributed by atoms with Crippen LogP contribution in [0.5, 0.6) is 0 Å². The Kier molecular flexibility index (Phi) is 11.9. The van der Waals surface area contributed by atoms with Crippen LogP contribution in [-0.2, 0) is 21.8 Å². The fourth-order valence-corrected chi connectivity index (χ4v) is 4.15. The number of benzene rings is 1. The van der Waals surface area contributed by atoms with Crippen LogP contribution < -0.4 is 16.4 Å². The number of carbonyl (C=O) groups excluding carboxylic acids is 2. The van der Waals surface area contributed by atoms with Gasteiger partial charge < -0.3 is 21.3 Å². The standard InChI is InChI=1S/C26H30N8O2S.ClH/c1-17(35)30-20-9-7-18(8-10-20)24-22(15-27)25(28)33-26(32-24)37-16-21-6-4-5-19(31-21)11-12-23(36)29-13-14-34(2)3;/h4-10H,11-14,16H2,1-3H3,(H,29,36)(H,30,35)(H2,28,32,33);1H. The summed E-state index contributed by atoms with van der Waals surface area (Å²) in [4.78, 5) is 38.9. The molecule has 0 bridgehead atoms. The van der Waals surface area contributed by atoms with E-state index >= 15 is 0 Å². The molecule has 0 fully saturated rings. The van der Waals surface area contributed by atoms with Gasteiger partial charge in [-0.3, -0.25) is 14.6 Å². The highest BCUT2D eigenvalue weighted by Crippen LogP contribution is 2.29. The summed E-state index contributed by atoms with van der Waals surface area (Å²) in [6.45, 7) is 2.85. The Morgan fingerprint density at radius 2 is 1.79 bits per heavy atom. The van der Waals surface area contributed by atoms with E-state index in [1.807, 2.05) is 37.2 Å². The van der Waals surface area contributed by atoms with Crippen LogP contribution in [0.15, 0.2) is 47.6 Å². The number of nitrogens with two attached hydrogens (primary N) is 1. The van der Waals surface area contributed by atoms with Crippen LogP contribution in [0.1, 0.15) is 30.3 Å². The maximum absolute atomic E-state index is 12.1. The third kappa shape index (κ3) is 9.30. The van der Waals surface area contributed by atoms with E-state index < -0.39 is 0 Å². The lowest BCUT2D eigenvalue weighted by Gasteiger charge is -2.10. The van der Waals surface area contributed by atoms with Crippen molar-refractivity contribution in [1.29, 1.82) is 5.26 Å². The first-order valence-corrected chi connectivity index (χ1v) is 12.7. The first kappa shape index (κ1) is 30.5. The Bertz CT molecular complexity index is 1300. The lowest BCUT2D eigenvalue weighted by atomic mass is 10.1. The summed E-state index contributed by atoms with van der Waals surface area (Å²) in [6.07, 6.45) is 0.918. The van der Waals surface area contributed by atoms with Crippen LogP contribution >= 0.6 is 24.2 Å².